The Hall–Kier alpha value is -0.170. The molecule has 2 atom stereocenters. The van der Waals surface area contributed by atoms with Gasteiger partial charge in [-0.15, -0.1) is 0 Å². The molecular weight excluding hydrogens is 240 g/mol. The minimum absolute atomic E-state index is 0.0271. The molecule has 1 N–H and O–H groups in total. The third kappa shape index (κ3) is 4.54. The molecule has 0 aliphatic carbocycles. The Balaban J connectivity index is 2.52. The molecule has 1 rings (SSSR count). The largest absolute Gasteiger partial charge is 0.384 e. The molecule has 0 aromatic carbocycles. The Morgan fingerprint density at radius 3 is 2.53 bits per heavy atom. The van der Waals surface area contributed by atoms with Crippen LogP contribution in [-0.4, -0.2) is 58.0 Å². The van der Waals surface area contributed by atoms with Gasteiger partial charge in [-0.05, 0) is 19.8 Å². The first-order valence-electron chi connectivity index (χ1n) is 6.08. The molecule has 1 heterocycles. The van der Waals surface area contributed by atoms with Crippen molar-refractivity contribution >= 4 is 10.0 Å². The zero-order valence-corrected chi connectivity index (χ0v) is 12.0. The van der Waals surface area contributed by atoms with Crippen LogP contribution in [0.5, 0.6) is 0 Å². The van der Waals surface area contributed by atoms with Gasteiger partial charge in [0.25, 0.3) is 0 Å². The average molecular weight is 264 g/mol. The second-order valence-electron chi connectivity index (χ2n) is 5.06. The van der Waals surface area contributed by atoms with Crippen molar-refractivity contribution in [3.8, 4) is 0 Å². The van der Waals surface area contributed by atoms with Gasteiger partial charge in [0, 0.05) is 32.3 Å². The molecule has 0 aromatic rings. The molecular formula is C11H24N2O3S. The summed E-state index contributed by atoms with van der Waals surface area (Å²) in [5, 5.41) is 0. The van der Waals surface area contributed by atoms with E-state index in [1.807, 2.05) is 0 Å². The number of hydrogen-bond acceptors (Lipinski definition) is 4. The van der Waals surface area contributed by atoms with Crippen molar-refractivity contribution in [2.45, 2.75) is 32.9 Å². The van der Waals surface area contributed by atoms with Crippen molar-refractivity contribution in [1.82, 2.24) is 9.62 Å². The molecule has 1 saturated heterocycles. The van der Waals surface area contributed by atoms with E-state index in [2.05, 4.69) is 30.4 Å². The summed E-state index contributed by atoms with van der Waals surface area (Å²) < 4.78 is 31.1. The Kier molecular flexibility index (Phi) is 5.37. The van der Waals surface area contributed by atoms with Gasteiger partial charge in [-0.25, -0.2) is 13.1 Å². The molecule has 0 amide bonds. The molecule has 0 bridgehead atoms. The molecule has 0 spiro atoms. The fraction of sp³-hybridized carbons (Fsp3) is 1.00. The zero-order valence-electron chi connectivity index (χ0n) is 11.1. The van der Waals surface area contributed by atoms with Gasteiger partial charge in [-0.2, -0.15) is 0 Å². The maximum Gasteiger partial charge on any atom is 0.214 e. The predicted molar refractivity (Wildman–Crippen MR) is 68.5 cm³/mol. The highest BCUT2D eigenvalue weighted by molar-refractivity contribution is 7.89. The van der Waals surface area contributed by atoms with Crippen LogP contribution >= 0.6 is 0 Å². The highest BCUT2D eigenvalue weighted by atomic mass is 32.2. The summed E-state index contributed by atoms with van der Waals surface area (Å²) in [6.07, 6.45) is 0. The van der Waals surface area contributed by atoms with Gasteiger partial charge in [0.05, 0.1) is 12.4 Å². The molecule has 5 nitrogen and oxygen atoms in total. The van der Waals surface area contributed by atoms with Gasteiger partial charge >= 0.3 is 0 Å². The van der Waals surface area contributed by atoms with Crippen molar-refractivity contribution < 1.29 is 13.2 Å². The Morgan fingerprint density at radius 2 is 2.06 bits per heavy atom. The van der Waals surface area contributed by atoms with Gasteiger partial charge in [-0.3, -0.25) is 4.90 Å². The highest BCUT2D eigenvalue weighted by Crippen LogP contribution is 2.19. The van der Waals surface area contributed by atoms with Crippen molar-refractivity contribution in [3.05, 3.63) is 0 Å². The Bertz CT molecular complexity index is 330. The number of rotatable bonds is 6. The SMILES string of the molecule is COCCS(=O)(=O)N[C@@H]1CN(C(C)C)C[C@H]1C. The number of likely N-dealkylation sites (tertiary alicyclic amines) is 1. The van der Waals surface area contributed by atoms with E-state index in [1.54, 1.807) is 0 Å². The van der Waals surface area contributed by atoms with Crippen LogP contribution in [0.1, 0.15) is 20.8 Å². The van der Waals surface area contributed by atoms with E-state index in [0.717, 1.165) is 13.1 Å². The molecule has 1 aliphatic rings. The first kappa shape index (κ1) is 14.9. The van der Waals surface area contributed by atoms with Crippen LogP contribution in [0.25, 0.3) is 0 Å². The molecule has 1 aliphatic heterocycles. The summed E-state index contributed by atoms with van der Waals surface area (Å²) in [5.41, 5.74) is 0. The molecule has 0 radical (unpaired) electrons. The Labute approximate surface area is 105 Å². The summed E-state index contributed by atoms with van der Waals surface area (Å²) in [7, 11) is -1.70. The molecule has 0 unspecified atom stereocenters. The first-order valence-corrected chi connectivity index (χ1v) is 7.74. The molecule has 1 fully saturated rings. The number of ether oxygens (including phenoxy) is 1. The second-order valence-corrected chi connectivity index (χ2v) is 6.93. The Morgan fingerprint density at radius 1 is 1.41 bits per heavy atom. The van der Waals surface area contributed by atoms with E-state index >= 15 is 0 Å². The topological polar surface area (TPSA) is 58.6 Å². The van der Waals surface area contributed by atoms with E-state index in [0.29, 0.717) is 12.0 Å². The summed E-state index contributed by atoms with van der Waals surface area (Å²) in [6.45, 7) is 8.35. The highest BCUT2D eigenvalue weighted by Gasteiger charge is 2.33. The maximum atomic E-state index is 11.8. The molecule has 0 aromatic heterocycles. The predicted octanol–water partition coefficient (Wildman–Crippen LogP) is 0.281. The van der Waals surface area contributed by atoms with Crippen LogP contribution in [0.2, 0.25) is 0 Å². The summed E-state index contributed by atoms with van der Waals surface area (Å²) in [4.78, 5) is 2.30. The van der Waals surface area contributed by atoms with Gasteiger partial charge < -0.3 is 4.74 Å². The summed E-state index contributed by atoms with van der Waals surface area (Å²) in [6, 6.07) is 0.491. The second kappa shape index (κ2) is 6.13. The minimum Gasteiger partial charge on any atom is -0.384 e. The zero-order chi connectivity index (χ0) is 13.1. The van der Waals surface area contributed by atoms with Crippen molar-refractivity contribution in [2.75, 3.05) is 32.6 Å². The lowest BCUT2D eigenvalue weighted by atomic mass is 10.1. The molecule has 17 heavy (non-hydrogen) atoms. The van der Waals surface area contributed by atoms with Gasteiger partial charge in [-0.1, -0.05) is 6.92 Å². The molecule has 0 saturated carbocycles. The fourth-order valence-electron chi connectivity index (χ4n) is 2.06. The number of sulfonamides is 1. The van der Waals surface area contributed by atoms with Gasteiger partial charge in [0.1, 0.15) is 0 Å². The normalized spacial score (nSPS) is 26.9. The average Bonchev–Trinajstić information content (AvgIpc) is 2.57. The van der Waals surface area contributed by atoms with Crippen LogP contribution < -0.4 is 4.72 Å². The van der Waals surface area contributed by atoms with Crippen molar-refractivity contribution in [1.29, 1.82) is 0 Å². The van der Waals surface area contributed by atoms with Gasteiger partial charge in [0.15, 0.2) is 0 Å². The molecule has 102 valence electrons. The van der Waals surface area contributed by atoms with Crippen LogP contribution in [0, 0.1) is 5.92 Å². The number of methoxy groups -OCH3 is 1. The summed E-state index contributed by atoms with van der Waals surface area (Å²) >= 11 is 0. The van der Waals surface area contributed by atoms with Crippen LogP contribution in [-0.2, 0) is 14.8 Å². The first-order chi connectivity index (χ1) is 7.85. The minimum atomic E-state index is -3.21. The standard InChI is InChI=1S/C11H24N2O3S/c1-9(2)13-7-10(3)11(8-13)12-17(14,15)6-5-16-4/h9-12H,5-8H2,1-4H3/t10-,11-/m1/s1. The van der Waals surface area contributed by atoms with Crippen molar-refractivity contribution in [3.63, 3.8) is 0 Å². The van der Waals surface area contributed by atoms with E-state index < -0.39 is 10.0 Å². The van der Waals surface area contributed by atoms with E-state index in [1.165, 1.54) is 7.11 Å². The number of hydrogen-bond donors (Lipinski definition) is 1. The van der Waals surface area contributed by atoms with Crippen LogP contribution in [0.4, 0.5) is 0 Å². The lowest BCUT2D eigenvalue weighted by Gasteiger charge is -2.20. The van der Waals surface area contributed by atoms with E-state index in [9.17, 15) is 8.42 Å². The van der Waals surface area contributed by atoms with E-state index in [-0.39, 0.29) is 18.4 Å². The third-order valence-corrected chi connectivity index (χ3v) is 4.62. The quantitative estimate of drug-likeness (QED) is 0.749. The lowest BCUT2D eigenvalue weighted by molar-refractivity contribution is 0.216. The number of nitrogens with one attached hydrogen (secondary N) is 1. The molecule has 6 heteroatoms. The summed E-state index contributed by atoms with van der Waals surface area (Å²) in [5.74, 6) is 0.392. The van der Waals surface area contributed by atoms with Crippen molar-refractivity contribution in [2.24, 2.45) is 5.92 Å². The maximum absolute atomic E-state index is 11.8. The third-order valence-electron chi connectivity index (χ3n) is 3.26. The smallest absolute Gasteiger partial charge is 0.214 e. The van der Waals surface area contributed by atoms with Crippen LogP contribution in [0.15, 0.2) is 0 Å². The van der Waals surface area contributed by atoms with E-state index in [4.69, 9.17) is 4.74 Å². The number of nitrogens with zero attached hydrogens (tertiary/aromatic N) is 1. The van der Waals surface area contributed by atoms with Gasteiger partial charge in [0.2, 0.25) is 10.0 Å². The fourth-order valence-corrected chi connectivity index (χ4v) is 3.33. The van der Waals surface area contributed by atoms with Crippen LogP contribution in [0.3, 0.4) is 0 Å². The lowest BCUT2D eigenvalue weighted by Crippen LogP contribution is -2.42. The monoisotopic (exact) mass is 264 g/mol.